The van der Waals surface area contributed by atoms with Crippen LogP contribution in [0.2, 0.25) is 5.02 Å². The van der Waals surface area contributed by atoms with E-state index in [1.165, 1.54) is 12.1 Å². The first-order chi connectivity index (χ1) is 12.0. The molecule has 0 radical (unpaired) electrons. The molecule has 0 unspecified atom stereocenters. The summed E-state index contributed by atoms with van der Waals surface area (Å²) in [4.78, 5) is 12.2. The van der Waals surface area contributed by atoms with Crippen LogP contribution in [-0.4, -0.2) is 22.7 Å². The van der Waals surface area contributed by atoms with Crippen LogP contribution in [0.25, 0.3) is 11.3 Å². The Kier molecular flexibility index (Phi) is 4.95. The summed E-state index contributed by atoms with van der Waals surface area (Å²) in [5, 5.41) is 22.0. The van der Waals surface area contributed by atoms with Crippen molar-refractivity contribution in [3.8, 4) is 22.8 Å². The second kappa shape index (κ2) is 7.32. The monoisotopic (exact) mass is 357 g/mol. The molecule has 0 bridgehead atoms. The van der Waals surface area contributed by atoms with Crippen LogP contribution in [0.3, 0.4) is 0 Å². The van der Waals surface area contributed by atoms with Gasteiger partial charge in [0.25, 0.3) is 5.91 Å². The lowest BCUT2D eigenvalue weighted by molar-refractivity contribution is 0.0927. The number of halogens is 1. The molecule has 3 aromatic rings. The minimum atomic E-state index is -0.332. The van der Waals surface area contributed by atoms with Gasteiger partial charge in [-0.2, -0.15) is 0 Å². The Labute approximate surface area is 149 Å². The number of amides is 1. The Balaban J connectivity index is 1.60. The number of hydrogen-bond donors (Lipinski definition) is 3. The fourth-order valence-electron chi connectivity index (χ4n) is 2.40. The molecule has 0 aliphatic heterocycles. The van der Waals surface area contributed by atoms with Crippen LogP contribution < -0.4 is 5.32 Å². The Morgan fingerprint density at radius 3 is 2.60 bits per heavy atom. The zero-order valence-corrected chi connectivity index (χ0v) is 14.0. The quantitative estimate of drug-likeness (QED) is 0.603. The van der Waals surface area contributed by atoms with E-state index < -0.39 is 0 Å². The summed E-state index contributed by atoms with van der Waals surface area (Å²) in [5.74, 6) is 0.0405. The Morgan fingerprint density at radius 2 is 1.84 bits per heavy atom. The molecule has 0 atom stereocenters. The highest BCUT2D eigenvalue weighted by Crippen LogP contribution is 2.29. The normalized spacial score (nSPS) is 10.6. The number of benzene rings is 2. The van der Waals surface area contributed by atoms with Gasteiger partial charge < -0.3 is 19.9 Å². The van der Waals surface area contributed by atoms with E-state index in [-0.39, 0.29) is 23.2 Å². The Bertz CT molecular complexity index is 904. The molecule has 0 aliphatic rings. The summed E-state index contributed by atoms with van der Waals surface area (Å²) in [5.41, 5.74) is 1.52. The standard InChI is InChI=1S/C19H16ClNO4/c20-14-4-2-1-3-13(14)17-7-8-18(25-17)19(24)21-10-9-12-5-6-15(22)16(23)11-12/h1-8,11,22-23H,9-10H2,(H,21,24). The van der Waals surface area contributed by atoms with E-state index in [1.54, 1.807) is 24.3 Å². The third-order valence-corrected chi connectivity index (χ3v) is 4.04. The number of hydrogen-bond acceptors (Lipinski definition) is 4. The maximum atomic E-state index is 12.2. The summed E-state index contributed by atoms with van der Waals surface area (Å²) in [6.07, 6.45) is 0.512. The molecule has 0 saturated heterocycles. The average Bonchev–Trinajstić information content (AvgIpc) is 3.08. The van der Waals surface area contributed by atoms with E-state index in [0.29, 0.717) is 23.7 Å². The number of furan rings is 1. The number of phenols is 2. The summed E-state index contributed by atoms with van der Waals surface area (Å²) in [7, 11) is 0. The largest absolute Gasteiger partial charge is 0.504 e. The van der Waals surface area contributed by atoms with Crippen molar-refractivity contribution in [2.24, 2.45) is 0 Å². The van der Waals surface area contributed by atoms with Crippen molar-refractivity contribution in [1.82, 2.24) is 5.32 Å². The van der Waals surface area contributed by atoms with Crippen LogP contribution in [0.1, 0.15) is 16.1 Å². The van der Waals surface area contributed by atoms with Crippen molar-refractivity contribution in [3.05, 3.63) is 70.9 Å². The first-order valence-corrected chi connectivity index (χ1v) is 8.06. The van der Waals surface area contributed by atoms with E-state index in [9.17, 15) is 15.0 Å². The van der Waals surface area contributed by atoms with Crippen molar-refractivity contribution >= 4 is 17.5 Å². The van der Waals surface area contributed by atoms with Gasteiger partial charge in [-0.1, -0.05) is 29.8 Å². The molecule has 1 amide bonds. The molecule has 0 saturated carbocycles. The molecular formula is C19H16ClNO4. The third kappa shape index (κ3) is 3.95. The topological polar surface area (TPSA) is 82.7 Å². The van der Waals surface area contributed by atoms with Gasteiger partial charge in [-0.05, 0) is 48.4 Å². The second-order valence-corrected chi connectivity index (χ2v) is 5.88. The van der Waals surface area contributed by atoms with E-state index in [4.69, 9.17) is 16.0 Å². The van der Waals surface area contributed by atoms with Gasteiger partial charge in [0.1, 0.15) is 5.76 Å². The Morgan fingerprint density at radius 1 is 1.04 bits per heavy atom. The van der Waals surface area contributed by atoms with Crippen LogP contribution in [0.5, 0.6) is 11.5 Å². The Hall–Kier alpha value is -2.92. The highest BCUT2D eigenvalue weighted by molar-refractivity contribution is 6.33. The van der Waals surface area contributed by atoms with Gasteiger partial charge in [-0.15, -0.1) is 0 Å². The van der Waals surface area contributed by atoms with Crippen LogP contribution in [0.4, 0.5) is 0 Å². The number of carbonyl (C=O) groups is 1. The van der Waals surface area contributed by atoms with Crippen LogP contribution in [0.15, 0.2) is 59.0 Å². The molecule has 25 heavy (non-hydrogen) atoms. The molecule has 3 N–H and O–H groups in total. The van der Waals surface area contributed by atoms with Crippen molar-refractivity contribution < 1.29 is 19.4 Å². The maximum Gasteiger partial charge on any atom is 0.287 e. The van der Waals surface area contributed by atoms with Crippen LogP contribution in [0, 0.1) is 0 Å². The highest BCUT2D eigenvalue weighted by Gasteiger charge is 2.13. The minimum absolute atomic E-state index is 0.171. The SMILES string of the molecule is O=C(NCCc1ccc(O)c(O)c1)c1ccc(-c2ccccc2Cl)o1. The lowest BCUT2D eigenvalue weighted by Gasteiger charge is -2.05. The number of phenolic OH excluding ortho intramolecular Hbond substituents is 2. The summed E-state index contributed by atoms with van der Waals surface area (Å²) >= 11 is 6.12. The first-order valence-electron chi connectivity index (χ1n) is 7.68. The molecule has 0 aliphatic carbocycles. The number of nitrogens with one attached hydrogen (secondary N) is 1. The van der Waals surface area contributed by atoms with Crippen molar-refractivity contribution in [3.63, 3.8) is 0 Å². The second-order valence-electron chi connectivity index (χ2n) is 5.47. The lowest BCUT2D eigenvalue weighted by Crippen LogP contribution is -2.25. The average molecular weight is 358 g/mol. The summed E-state index contributed by atoms with van der Waals surface area (Å²) in [6.45, 7) is 0.366. The lowest BCUT2D eigenvalue weighted by atomic mass is 10.1. The van der Waals surface area contributed by atoms with Gasteiger partial charge in [0.15, 0.2) is 17.3 Å². The predicted octanol–water partition coefficient (Wildman–Crippen LogP) is 3.98. The zero-order chi connectivity index (χ0) is 17.8. The summed E-state index contributed by atoms with van der Waals surface area (Å²) in [6, 6.07) is 15.1. The molecule has 3 rings (SSSR count). The molecule has 2 aromatic carbocycles. The molecule has 6 heteroatoms. The van der Waals surface area contributed by atoms with Gasteiger partial charge in [0.05, 0.1) is 5.02 Å². The fourth-order valence-corrected chi connectivity index (χ4v) is 2.63. The van der Waals surface area contributed by atoms with E-state index in [0.717, 1.165) is 11.1 Å². The molecular weight excluding hydrogens is 342 g/mol. The van der Waals surface area contributed by atoms with Crippen molar-refractivity contribution in [1.29, 1.82) is 0 Å². The number of carbonyl (C=O) groups excluding carboxylic acids is 1. The minimum Gasteiger partial charge on any atom is -0.504 e. The van der Waals surface area contributed by atoms with Crippen LogP contribution >= 0.6 is 11.6 Å². The van der Waals surface area contributed by atoms with E-state index in [1.807, 2.05) is 18.2 Å². The van der Waals surface area contributed by atoms with Gasteiger partial charge in [0.2, 0.25) is 0 Å². The van der Waals surface area contributed by atoms with Crippen LogP contribution in [-0.2, 0) is 6.42 Å². The number of rotatable bonds is 5. The van der Waals surface area contributed by atoms with Gasteiger partial charge in [-0.25, -0.2) is 0 Å². The smallest absolute Gasteiger partial charge is 0.287 e. The highest BCUT2D eigenvalue weighted by atomic mass is 35.5. The summed E-state index contributed by atoms with van der Waals surface area (Å²) < 4.78 is 5.58. The zero-order valence-electron chi connectivity index (χ0n) is 13.2. The predicted molar refractivity (Wildman–Crippen MR) is 95.0 cm³/mol. The maximum absolute atomic E-state index is 12.2. The molecule has 128 valence electrons. The van der Waals surface area contributed by atoms with Gasteiger partial charge in [-0.3, -0.25) is 4.79 Å². The first kappa shape index (κ1) is 16.9. The van der Waals surface area contributed by atoms with Crippen molar-refractivity contribution in [2.75, 3.05) is 6.54 Å². The molecule has 0 spiro atoms. The van der Waals surface area contributed by atoms with Gasteiger partial charge in [0, 0.05) is 12.1 Å². The molecule has 1 heterocycles. The number of aromatic hydroxyl groups is 2. The molecule has 1 aromatic heterocycles. The third-order valence-electron chi connectivity index (χ3n) is 3.71. The van der Waals surface area contributed by atoms with Crippen molar-refractivity contribution in [2.45, 2.75) is 6.42 Å². The molecule has 0 fully saturated rings. The van der Waals surface area contributed by atoms with E-state index >= 15 is 0 Å². The fraction of sp³-hybridized carbons (Fsp3) is 0.105. The van der Waals surface area contributed by atoms with Gasteiger partial charge >= 0.3 is 0 Å². The molecule has 5 nitrogen and oxygen atoms in total. The van der Waals surface area contributed by atoms with E-state index in [2.05, 4.69) is 5.32 Å².